The summed E-state index contributed by atoms with van der Waals surface area (Å²) in [6, 6.07) is 3.40. The maximum Gasteiger partial charge on any atom is 0.416 e. The van der Waals surface area contributed by atoms with Crippen molar-refractivity contribution in [3.8, 4) is 11.1 Å². The molecule has 2 unspecified atom stereocenters. The molecule has 0 saturated carbocycles. The van der Waals surface area contributed by atoms with Crippen LogP contribution in [0.5, 0.6) is 0 Å². The van der Waals surface area contributed by atoms with E-state index in [-0.39, 0.29) is 47.9 Å². The summed E-state index contributed by atoms with van der Waals surface area (Å²) < 4.78 is 48.4. The van der Waals surface area contributed by atoms with Crippen molar-refractivity contribution in [2.24, 2.45) is 0 Å². The fourth-order valence-corrected chi connectivity index (χ4v) is 5.90. The number of anilines is 1. The van der Waals surface area contributed by atoms with Crippen LogP contribution in [0, 0.1) is 0 Å². The Balaban J connectivity index is 1.71. The highest BCUT2D eigenvalue weighted by Gasteiger charge is 2.41. The van der Waals surface area contributed by atoms with Crippen molar-refractivity contribution < 1.29 is 22.7 Å². The Kier molecular flexibility index (Phi) is 10.2. The van der Waals surface area contributed by atoms with Gasteiger partial charge in [0.05, 0.1) is 17.9 Å². The number of carbonyl (C=O) groups excluding carboxylic acids is 1. The zero-order chi connectivity index (χ0) is 31.5. The average molecular weight is 621 g/mol. The zero-order valence-electron chi connectivity index (χ0n) is 25.5. The lowest BCUT2D eigenvalue weighted by Crippen LogP contribution is -2.57. The maximum atomic E-state index is 13.7. The van der Waals surface area contributed by atoms with Gasteiger partial charge in [0.25, 0.3) is 0 Å². The fraction of sp³-hybridized carbons (Fsp3) is 0.548. The molecular weight excluding hydrogens is 581 g/mol. The highest BCUT2D eigenvalue weighted by Crippen LogP contribution is 2.36. The number of halogens is 4. The van der Waals surface area contributed by atoms with Gasteiger partial charge in [-0.25, -0.2) is 14.8 Å². The molecule has 3 aromatic rings. The summed E-state index contributed by atoms with van der Waals surface area (Å²) >= 11 is 6.15. The number of nitrogens with zero attached hydrogens (tertiary/aromatic N) is 6. The molecule has 2 atom stereocenters. The molecule has 43 heavy (non-hydrogen) atoms. The number of rotatable bonds is 9. The first-order valence-electron chi connectivity index (χ1n) is 14.8. The van der Waals surface area contributed by atoms with Crippen molar-refractivity contribution in [2.75, 3.05) is 4.90 Å². The highest BCUT2D eigenvalue weighted by molar-refractivity contribution is 6.30. The molecule has 1 amide bonds. The van der Waals surface area contributed by atoms with Crippen LogP contribution >= 0.6 is 11.6 Å². The maximum absolute atomic E-state index is 13.7. The molecule has 1 aliphatic heterocycles. The number of alkyl halides is 3. The Labute approximate surface area is 256 Å². The van der Waals surface area contributed by atoms with Gasteiger partial charge in [0, 0.05) is 65.5 Å². The molecule has 1 saturated heterocycles. The van der Waals surface area contributed by atoms with Gasteiger partial charge in [-0.05, 0) is 77.1 Å². The first-order chi connectivity index (χ1) is 20.3. The number of likely N-dealkylation sites (tertiary alicyclic amines) is 1. The lowest BCUT2D eigenvalue weighted by Gasteiger charge is -2.47. The quantitative estimate of drug-likeness (QED) is 0.240. The van der Waals surface area contributed by atoms with Gasteiger partial charge in [0.2, 0.25) is 5.95 Å². The molecule has 0 spiro atoms. The second-order valence-electron chi connectivity index (χ2n) is 11.6. The third-order valence-electron chi connectivity index (χ3n) is 7.80. The van der Waals surface area contributed by atoms with Crippen LogP contribution in [0.25, 0.3) is 11.1 Å². The molecular formula is C31H40ClF3N6O2. The van der Waals surface area contributed by atoms with E-state index in [1.807, 2.05) is 62.2 Å². The van der Waals surface area contributed by atoms with Crippen molar-refractivity contribution >= 4 is 23.6 Å². The average Bonchev–Trinajstić information content (AvgIpc) is 3.45. The van der Waals surface area contributed by atoms with Gasteiger partial charge in [0.1, 0.15) is 0 Å². The van der Waals surface area contributed by atoms with Crippen LogP contribution in [-0.2, 0) is 17.5 Å². The molecule has 0 radical (unpaired) electrons. The van der Waals surface area contributed by atoms with Gasteiger partial charge in [-0.3, -0.25) is 4.68 Å². The topological polar surface area (TPSA) is 76.4 Å². The van der Waals surface area contributed by atoms with Gasteiger partial charge in [-0.15, -0.1) is 0 Å². The predicted molar refractivity (Wildman–Crippen MR) is 161 cm³/mol. The molecule has 0 N–H and O–H groups in total. The monoisotopic (exact) mass is 620 g/mol. The highest BCUT2D eigenvalue weighted by atomic mass is 35.5. The summed E-state index contributed by atoms with van der Waals surface area (Å²) in [5.41, 5.74) is 1.23. The summed E-state index contributed by atoms with van der Waals surface area (Å²) in [5, 5.41) is 4.40. The van der Waals surface area contributed by atoms with Crippen molar-refractivity contribution in [3.05, 3.63) is 59.1 Å². The standard InChI is InChI=1S/C31H40ClF3N6O2/c1-7-26-12-28(13-27(8-2)41(26)30(42)43-20(5)6)39(17-21-9-24(31(33,34)35)11-25(32)10-21)29-36-14-22(15-37-29)23-16-38-40(18-23)19(3)4/h9-11,14-16,18-20,26-28H,7-8,12-13,17H2,1-6H3. The smallest absolute Gasteiger partial charge is 0.416 e. The number of carbonyl (C=O) groups is 1. The lowest BCUT2D eigenvalue weighted by atomic mass is 9.87. The summed E-state index contributed by atoms with van der Waals surface area (Å²) in [6.07, 6.45) is 4.53. The number of ether oxygens (including phenoxy) is 1. The van der Waals surface area contributed by atoms with Gasteiger partial charge < -0.3 is 14.5 Å². The third kappa shape index (κ3) is 7.79. The summed E-state index contributed by atoms with van der Waals surface area (Å²) in [7, 11) is 0. The minimum absolute atomic E-state index is 0.00678. The van der Waals surface area contributed by atoms with E-state index in [0.717, 1.165) is 23.3 Å². The number of benzene rings is 1. The summed E-state index contributed by atoms with van der Waals surface area (Å²) in [4.78, 5) is 26.3. The molecule has 234 valence electrons. The SMILES string of the molecule is CCC1CC(N(Cc2cc(Cl)cc(C(F)(F)F)c2)c2ncc(-c3cnn(C(C)C)c3)cn2)CC(CC)N1C(=O)OC(C)C. The number of aromatic nitrogens is 4. The van der Waals surface area contributed by atoms with Gasteiger partial charge in [-0.2, -0.15) is 18.3 Å². The first kappa shape index (κ1) is 32.6. The zero-order valence-corrected chi connectivity index (χ0v) is 26.2. The lowest BCUT2D eigenvalue weighted by molar-refractivity contribution is -0.137. The minimum Gasteiger partial charge on any atom is -0.447 e. The first-order valence-corrected chi connectivity index (χ1v) is 15.2. The molecule has 3 heterocycles. The molecule has 1 fully saturated rings. The second-order valence-corrected chi connectivity index (χ2v) is 12.1. The van der Waals surface area contributed by atoms with Crippen molar-refractivity contribution in [1.29, 1.82) is 0 Å². The predicted octanol–water partition coefficient (Wildman–Crippen LogP) is 8.17. The fourth-order valence-electron chi connectivity index (χ4n) is 5.64. The molecule has 1 aromatic carbocycles. The van der Waals surface area contributed by atoms with Crippen LogP contribution in [0.2, 0.25) is 5.02 Å². The second kappa shape index (κ2) is 13.5. The molecule has 4 rings (SSSR count). The minimum atomic E-state index is -4.54. The molecule has 0 bridgehead atoms. The van der Waals surface area contributed by atoms with Crippen molar-refractivity contribution in [1.82, 2.24) is 24.6 Å². The van der Waals surface area contributed by atoms with Crippen LogP contribution < -0.4 is 4.90 Å². The van der Waals surface area contributed by atoms with E-state index in [1.165, 1.54) is 0 Å². The van der Waals surface area contributed by atoms with Crippen LogP contribution in [0.15, 0.2) is 43.0 Å². The van der Waals surface area contributed by atoms with E-state index in [1.54, 1.807) is 24.7 Å². The molecule has 1 aliphatic rings. The van der Waals surface area contributed by atoms with Crippen LogP contribution in [0.1, 0.15) is 84.4 Å². The molecule has 12 heteroatoms. The largest absolute Gasteiger partial charge is 0.447 e. The van der Waals surface area contributed by atoms with Crippen LogP contribution in [0.3, 0.4) is 0 Å². The van der Waals surface area contributed by atoms with E-state index in [9.17, 15) is 18.0 Å². The number of piperidine rings is 1. The molecule has 2 aromatic heterocycles. The Morgan fingerprint density at radius 3 is 2.16 bits per heavy atom. The Hall–Kier alpha value is -3.34. The van der Waals surface area contributed by atoms with Crippen LogP contribution in [0.4, 0.5) is 23.9 Å². The number of hydrogen-bond acceptors (Lipinski definition) is 6. The van der Waals surface area contributed by atoms with E-state index < -0.39 is 11.7 Å². The van der Waals surface area contributed by atoms with Gasteiger partial charge in [-0.1, -0.05) is 25.4 Å². The van der Waals surface area contributed by atoms with Gasteiger partial charge >= 0.3 is 12.3 Å². The Bertz CT molecular complexity index is 1360. The number of amides is 1. The Morgan fingerprint density at radius 1 is 1.02 bits per heavy atom. The molecule has 8 nitrogen and oxygen atoms in total. The molecule has 0 aliphatic carbocycles. The van der Waals surface area contributed by atoms with Crippen LogP contribution in [-0.4, -0.2) is 55.0 Å². The van der Waals surface area contributed by atoms with Gasteiger partial charge in [0.15, 0.2) is 0 Å². The normalized spacial score (nSPS) is 19.3. The third-order valence-corrected chi connectivity index (χ3v) is 8.02. The summed E-state index contributed by atoms with van der Waals surface area (Å²) in [6.45, 7) is 11.9. The van der Waals surface area contributed by atoms with E-state index in [0.29, 0.717) is 37.2 Å². The van der Waals surface area contributed by atoms with E-state index in [2.05, 4.69) is 15.1 Å². The van der Waals surface area contributed by atoms with Crippen molar-refractivity contribution in [2.45, 2.75) is 110 Å². The van der Waals surface area contributed by atoms with E-state index >= 15 is 0 Å². The van der Waals surface area contributed by atoms with Crippen molar-refractivity contribution in [3.63, 3.8) is 0 Å². The summed E-state index contributed by atoms with van der Waals surface area (Å²) in [5.74, 6) is 0.390. The van der Waals surface area contributed by atoms with E-state index in [4.69, 9.17) is 16.3 Å². The Morgan fingerprint density at radius 2 is 1.65 bits per heavy atom. The number of hydrogen-bond donors (Lipinski definition) is 0.